The molecular formula is C18H36N2O. The molecule has 0 amide bonds. The molecule has 2 aliphatic rings. The highest BCUT2D eigenvalue weighted by molar-refractivity contribution is 4.97. The molecule has 1 heterocycles. The summed E-state index contributed by atoms with van der Waals surface area (Å²) in [6.45, 7) is 13.7. The minimum absolute atomic E-state index is 0.428. The van der Waals surface area contributed by atoms with E-state index in [2.05, 4.69) is 31.0 Å². The van der Waals surface area contributed by atoms with Gasteiger partial charge in [0.25, 0.3) is 0 Å². The van der Waals surface area contributed by atoms with E-state index < -0.39 is 5.60 Å². The molecule has 3 unspecified atom stereocenters. The van der Waals surface area contributed by atoms with Crippen molar-refractivity contribution < 1.29 is 5.11 Å². The Hall–Kier alpha value is -0.120. The molecule has 3 heteroatoms. The van der Waals surface area contributed by atoms with E-state index in [-0.39, 0.29) is 0 Å². The summed E-state index contributed by atoms with van der Waals surface area (Å²) >= 11 is 0. The van der Waals surface area contributed by atoms with Gasteiger partial charge in [-0.3, -0.25) is 0 Å². The summed E-state index contributed by atoms with van der Waals surface area (Å²) in [6.07, 6.45) is 6.92. The lowest BCUT2D eigenvalue weighted by molar-refractivity contribution is 0.0439. The van der Waals surface area contributed by atoms with E-state index in [0.29, 0.717) is 11.5 Å². The van der Waals surface area contributed by atoms with Gasteiger partial charge < -0.3 is 15.3 Å². The Kier molecular flexibility index (Phi) is 5.72. The monoisotopic (exact) mass is 296 g/mol. The van der Waals surface area contributed by atoms with Crippen LogP contribution in [0.2, 0.25) is 0 Å². The molecule has 0 aromatic rings. The molecule has 1 aliphatic heterocycles. The van der Waals surface area contributed by atoms with Crippen LogP contribution in [-0.2, 0) is 0 Å². The van der Waals surface area contributed by atoms with Crippen molar-refractivity contribution in [3.63, 3.8) is 0 Å². The first kappa shape index (κ1) is 17.2. The van der Waals surface area contributed by atoms with Gasteiger partial charge in [0, 0.05) is 19.1 Å². The zero-order valence-electron chi connectivity index (χ0n) is 14.6. The number of rotatable bonds is 5. The van der Waals surface area contributed by atoms with Gasteiger partial charge in [-0.05, 0) is 69.9 Å². The van der Waals surface area contributed by atoms with Crippen LogP contribution >= 0.6 is 0 Å². The lowest BCUT2D eigenvalue weighted by Gasteiger charge is -2.34. The summed E-state index contributed by atoms with van der Waals surface area (Å²) in [5.74, 6) is 0.773. The number of nitrogens with one attached hydrogen (secondary N) is 1. The van der Waals surface area contributed by atoms with E-state index in [1.54, 1.807) is 0 Å². The van der Waals surface area contributed by atoms with Crippen LogP contribution in [0.4, 0.5) is 0 Å². The van der Waals surface area contributed by atoms with Crippen molar-refractivity contribution in [2.45, 2.75) is 77.9 Å². The molecular weight excluding hydrogens is 260 g/mol. The Morgan fingerprint density at radius 3 is 2.62 bits per heavy atom. The van der Waals surface area contributed by atoms with Crippen LogP contribution < -0.4 is 5.32 Å². The Bertz CT molecular complexity index is 327. The summed E-state index contributed by atoms with van der Waals surface area (Å²) in [5.41, 5.74) is -0.0132. The van der Waals surface area contributed by atoms with Crippen LogP contribution in [0.25, 0.3) is 0 Å². The second-order valence-electron chi connectivity index (χ2n) is 8.37. The minimum Gasteiger partial charge on any atom is -0.390 e. The Morgan fingerprint density at radius 1 is 1.14 bits per heavy atom. The zero-order chi connectivity index (χ0) is 15.5. The average Bonchev–Trinajstić information content (AvgIpc) is 2.56. The highest BCUT2D eigenvalue weighted by atomic mass is 16.3. The maximum atomic E-state index is 10.2. The molecule has 1 aliphatic carbocycles. The minimum atomic E-state index is -0.441. The zero-order valence-corrected chi connectivity index (χ0v) is 14.6. The van der Waals surface area contributed by atoms with Gasteiger partial charge >= 0.3 is 0 Å². The molecule has 1 saturated carbocycles. The predicted octanol–water partition coefficient (Wildman–Crippen LogP) is 3.03. The first-order valence-electron chi connectivity index (χ1n) is 9.02. The predicted molar refractivity (Wildman–Crippen MR) is 89.5 cm³/mol. The van der Waals surface area contributed by atoms with Crippen LogP contribution in [-0.4, -0.2) is 47.8 Å². The molecule has 124 valence electrons. The number of hydrogen-bond donors (Lipinski definition) is 2. The fraction of sp³-hybridized carbons (Fsp3) is 1.00. The molecule has 2 N–H and O–H groups in total. The molecule has 21 heavy (non-hydrogen) atoms. The van der Waals surface area contributed by atoms with Gasteiger partial charge in [-0.15, -0.1) is 0 Å². The van der Waals surface area contributed by atoms with Crippen molar-refractivity contribution in [1.29, 1.82) is 0 Å². The Morgan fingerprint density at radius 2 is 1.90 bits per heavy atom. The van der Waals surface area contributed by atoms with Gasteiger partial charge in [0.1, 0.15) is 0 Å². The normalized spacial score (nSPS) is 37.6. The quantitative estimate of drug-likeness (QED) is 0.818. The van der Waals surface area contributed by atoms with Crippen molar-refractivity contribution in [2.24, 2.45) is 11.3 Å². The molecule has 0 aromatic carbocycles. The molecule has 3 atom stereocenters. The van der Waals surface area contributed by atoms with Gasteiger partial charge in [0.05, 0.1) is 5.60 Å². The van der Waals surface area contributed by atoms with Crippen LogP contribution in [0.15, 0.2) is 0 Å². The lowest BCUT2D eigenvalue weighted by atomic mass is 9.84. The van der Waals surface area contributed by atoms with Crippen LogP contribution in [0, 0.1) is 11.3 Å². The van der Waals surface area contributed by atoms with E-state index in [1.165, 1.54) is 25.8 Å². The van der Waals surface area contributed by atoms with E-state index in [1.807, 2.05) is 6.92 Å². The fourth-order valence-electron chi connectivity index (χ4n) is 4.29. The van der Waals surface area contributed by atoms with Crippen molar-refractivity contribution in [2.75, 3.05) is 26.2 Å². The fourth-order valence-corrected chi connectivity index (χ4v) is 4.29. The summed E-state index contributed by atoms with van der Waals surface area (Å²) in [5, 5.41) is 14.1. The molecule has 0 bridgehead atoms. The van der Waals surface area contributed by atoms with Gasteiger partial charge in [-0.25, -0.2) is 0 Å². The SMILES string of the molecule is CCCNC1C(CN2CCCC(C)(O)CC2)CCC1(C)C. The summed E-state index contributed by atoms with van der Waals surface area (Å²) in [7, 11) is 0. The van der Waals surface area contributed by atoms with Gasteiger partial charge in [-0.2, -0.15) is 0 Å². The van der Waals surface area contributed by atoms with Crippen molar-refractivity contribution in [1.82, 2.24) is 10.2 Å². The summed E-state index contributed by atoms with van der Waals surface area (Å²) in [6, 6.07) is 0.654. The number of nitrogens with zero attached hydrogens (tertiary/aromatic N) is 1. The van der Waals surface area contributed by atoms with Gasteiger partial charge in [0.15, 0.2) is 0 Å². The maximum absolute atomic E-state index is 10.2. The van der Waals surface area contributed by atoms with Crippen LogP contribution in [0.5, 0.6) is 0 Å². The molecule has 0 radical (unpaired) electrons. The number of hydrogen-bond acceptors (Lipinski definition) is 3. The van der Waals surface area contributed by atoms with E-state index in [9.17, 15) is 5.11 Å². The summed E-state index contributed by atoms with van der Waals surface area (Å²) in [4.78, 5) is 2.61. The highest BCUT2D eigenvalue weighted by Gasteiger charge is 2.42. The van der Waals surface area contributed by atoms with Gasteiger partial charge in [0.2, 0.25) is 0 Å². The number of aliphatic hydroxyl groups is 1. The largest absolute Gasteiger partial charge is 0.390 e. The molecule has 0 aromatic heterocycles. The molecule has 1 saturated heterocycles. The standard InChI is InChI=1S/C18H36N2O/c1-5-11-19-16-15(7-9-17(16,2)3)14-20-12-6-8-18(4,21)10-13-20/h15-16,19,21H,5-14H2,1-4H3. The first-order valence-corrected chi connectivity index (χ1v) is 9.02. The first-order chi connectivity index (χ1) is 9.84. The smallest absolute Gasteiger partial charge is 0.0632 e. The second kappa shape index (κ2) is 6.97. The van der Waals surface area contributed by atoms with Crippen LogP contribution in [0.3, 0.4) is 0 Å². The average molecular weight is 296 g/mol. The van der Waals surface area contributed by atoms with Crippen molar-refractivity contribution >= 4 is 0 Å². The molecule has 3 nitrogen and oxygen atoms in total. The second-order valence-corrected chi connectivity index (χ2v) is 8.37. The van der Waals surface area contributed by atoms with Crippen LogP contribution in [0.1, 0.15) is 66.2 Å². The third kappa shape index (κ3) is 4.67. The lowest BCUT2D eigenvalue weighted by Crippen LogP contribution is -2.46. The third-order valence-electron chi connectivity index (χ3n) is 5.74. The summed E-state index contributed by atoms with van der Waals surface area (Å²) < 4.78 is 0. The van der Waals surface area contributed by atoms with Crippen molar-refractivity contribution in [3.05, 3.63) is 0 Å². The highest BCUT2D eigenvalue weighted by Crippen LogP contribution is 2.42. The van der Waals surface area contributed by atoms with Gasteiger partial charge in [-0.1, -0.05) is 20.8 Å². The maximum Gasteiger partial charge on any atom is 0.0632 e. The van der Waals surface area contributed by atoms with Crippen molar-refractivity contribution in [3.8, 4) is 0 Å². The molecule has 2 rings (SSSR count). The number of likely N-dealkylation sites (tertiary alicyclic amines) is 1. The third-order valence-corrected chi connectivity index (χ3v) is 5.74. The Labute approximate surface area is 131 Å². The molecule has 0 spiro atoms. The Balaban J connectivity index is 1.91. The topological polar surface area (TPSA) is 35.5 Å². The molecule has 2 fully saturated rings. The van der Waals surface area contributed by atoms with E-state index in [4.69, 9.17) is 0 Å². The van der Waals surface area contributed by atoms with E-state index >= 15 is 0 Å². The van der Waals surface area contributed by atoms with E-state index in [0.717, 1.165) is 44.8 Å².